The number of benzene rings is 1. The summed E-state index contributed by atoms with van der Waals surface area (Å²) in [5.41, 5.74) is 1.24. The highest BCUT2D eigenvalue weighted by Crippen LogP contribution is 2.24. The summed E-state index contributed by atoms with van der Waals surface area (Å²) in [5.74, 6) is 2.76. The molecule has 0 radical (unpaired) electrons. The third-order valence-corrected chi connectivity index (χ3v) is 5.20. The van der Waals surface area contributed by atoms with Crippen LogP contribution >= 0.6 is 0 Å². The molecule has 1 N–H and O–H groups in total. The number of morpholine rings is 1. The zero-order valence-corrected chi connectivity index (χ0v) is 15.8. The van der Waals surface area contributed by atoms with E-state index in [0.29, 0.717) is 6.04 Å². The number of anilines is 3. The Morgan fingerprint density at radius 3 is 2.67 bits per heavy atom. The van der Waals surface area contributed by atoms with Gasteiger partial charge in [-0.25, -0.2) is 9.97 Å². The average Bonchev–Trinajstić information content (AvgIpc) is 2.75. The Morgan fingerprint density at radius 1 is 1.07 bits per heavy atom. The fourth-order valence-corrected chi connectivity index (χ4v) is 3.72. The normalized spacial score (nSPS) is 20.4. The van der Waals surface area contributed by atoms with Gasteiger partial charge in [0.1, 0.15) is 23.7 Å². The molecule has 2 aromatic rings. The van der Waals surface area contributed by atoms with Crippen molar-refractivity contribution in [2.24, 2.45) is 0 Å². The van der Waals surface area contributed by atoms with Crippen molar-refractivity contribution in [2.45, 2.75) is 18.9 Å². The second-order valence-corrected chi connectivity index (χ2v) is 6.99. The molecule has 7 nitrogen and oxygen atoms in total. The van der Waals surface area contributed by atoms with E-state index < -0.39 is 0 Å². The average molecular weight is 369 g/mol. The van der Waals surface area contributed by atoms with Crippen LogP contribution in [-0.2, 0) is 4.74 Å². The molecule has 2 fully saturated rings. The predicted octanol–water partition coefficient (Wildman–Crippen LogP) is 2.40. The van der Waals surface area contributed by atoms with Crippen LogP contribution in [0.15, 0.2) is 36.7 Å². The minimum Gasteiger partial charge on any atom is -0.497 e. The van der Waals surface area contributed by atoms with Gasteiger partial charge in [-0.05, 0) is 37.1 Å². The Bertz CT molecular complexity index is 733. The molecule has 4 rings (SSSR count). The summed E-state index contributed by atoms with van der Waals surface area (Å²) in [6.45, 7) is 5.31. The molecule has 0 bridgehead atoms. The largest absolute Gasteiger partial charge is 0.497 e. The van der Waals surface area contributed by atoms with Crippen LogP contribution in [0.25, 0.3) is 0 Å². The van der Waals surface area contributed by atoms with Crippen molar-refractivity contribution < 1.29 is 9.47 Å². The predicted molar refractivity (Wildman–Crippen MR) is 107 cm³/mol. The standard InChI is InChI=1S/C20H27N5O2/c1-26-18-6-4-17(5-7-18)25-8-2-3-16(14-25)23-19-13-20(22-15-21-19)24-9-11-27-12-10-24/h4-7,13,15-16H,2-3,8-12,14H2,1H3,(H,21,22,23). The van der Waals surface area contributed by atoms with Gasteiger partial charge in [0.15, 0.2) is 0 Å². The highest BCUT2D eigenvalue weighted by Gasteiger charge is 2.21. The van der Waals surface area contributed by atoms with Gasteiger partial charge < -0.3 is 24.6 Å². The van der Waals surface area contributed by atoms with E-state index in [0.717, 1.165) is 69.6 Å². The molecule has 0 spiro atoms. The molecule has 1 aromatic carbocycles. The number of nitrogens with zero attached hydrogens (tertiary/aromatic N) is 4. The van der Waals surface area contributed by atoms with Crippen LogP contribution in [0.5, 0.6) is 5.75 Å². The van der Waals surface area contributed by atoms with Crippen molar-refractivity contribution in [3.8, 4) is 5.75 Å². The highest BCUT2D eigenvalue weighted by molar-refractivity contribution is 5.52. The first kappa shape index (κ1) is 17.9. The van der Waals surface area contributed by atoms with E-state index >= 15 is 0 Å². The van der Waals surface area contributed by atoms with Crippen molar-refractivity contribution in [3.05, 3.63) is 36.7 Å². The zero-order valence-electron chi connectivity index (χ0n) is 15.8. The van der Waals surface area contributed by atoms with Gasteiger partial charge in [-0.15, -0.1) is 0 Å². The van der Waals surface area contributed by atoms with E-state index in [1.54, 1.807) is 13.4 Å². The lowest BCUT2D eigenvalue weighted by atomic mass is 10.0. The maximum atomic E-state index is 5.43. The molecular formula is C20H27N5O2. The van der Waals surface area contributed by atoms with Crippen molar-refractivity contribution in [1.82, 2.24) is 9.97 Å². The van der Waals surface area contributed by atoms with Gasteiger partial charge in [-0.1, -0.05) is 0 Å². The van der Waals surface area contributed by atoms with Crippen LogP contribution in [0.3, 0.4) is 0 Å². The highest BCUT2D eigenvalue weighted by atomic mass is 16.5. The Morgan fingerprint density at radius 2 is 1.89 bits per heavy atom. The van der Waals surface area contributed by atoms with Gasteiger partial charge in [-0.2, -0.15) is 0 Å². The zero-order chi connectivity index (χ0) is 18.5. The number of hydrogen-bond donors (Lipinski definition) is 1. The fraction of sp³-hybridized carbons (Fsp3) is 0.500. The number of aromatic nitrogens is 2. The summed E-state index contributed by atoms with van der Waals surface area (Å²) < 4.78 is 10.7. The molecule has 1 unspecified atom stereocenters. The molecular weight excluding hydrogens is 342 g/mol. The van der Waals surface area contributed by atoms with Crippen LogP contribution in [0.2, 0.25) is 0 Å². The lowest BCUT2D eigenvalue weighted by Gasteiger charge is -2.35. The van der Waals surface area contributed by atoms with Gasteiger partial charge in [0, 0.05) is 44.0 Å². The second kappa shape index (κ2) is 8.43. The smallest absolute Gasteiger partial charge is 0.134 e. The molecule has 27 heavy (non-hydrogen) atoms. The van der Waals surface area contributed by atoms with Crippen molar-refractivity contribution in [1.29, 1.82) is 0 Å². The molecule has 144 valence electrons. The molecule has 1 atom stereocenters. The summed E-state index contributed by atoms with van der Waals surface area (Å²) in [5, 5.41) is 3.61. The monoisotopic (exact) mass is 369 g/mol. The van der Waals surface area contributed by atoms with Crippen LogP contribution in [-0.4, -0.2) is 62.5 Å². The first-order chi connectivity index (χ1) is 13.3. The number of ether oxygens (including phenoxy) is 2. The minimum absolute atomic E-state index is 0.369. The third kappa shape index (κ3) is 4.42. The number of hydrogen-bond acceptors (Lipinski definition) is 7. The minimum atomic E-state index is 0.369. The molecule has 2 aliphatic heterocycles. The lowest BCUT2D eigenvalue weighted by molar-refractivity contribution is 0.122. The van der Waals surface area contributed by atoms with E-state index in [1.807, 2.05) is 12.1 Å². The Kier molecular flexibility index (Phi) is 5.58. The number of piperidine rings is 1. The van der Waals surface area contributed by atoms with Crippen molar-refractivity contribution in [3.63, 3.8) is 0 Å². The van der Waals surface area contributed by atoms with E-state index in [4.69, 9.17) is 9.47 Å². The summed E-state index contributed by atoms with van der Waals surface area (Å²) >= 11 is 0. The van der Waals surface area contributed by atoms with E-state index in [-0.39, 0.29) is 0 Å². The van der Waals surface area contributed by atoms with E-state index in [2.05, 4.69) is 43.3 Å². The number of nitrogens with one attached hydrogen (secondary N) is 1. The van der Waals surface area contributed by atoms with Gasteiger partial charge in [0.25, 0.3) is 0 Å². The molecule has 2 aliphatic rings. The van der Waals surface area contributed by atoms with Crippen LogP contribution in [0.1, 0.15) is 12.8 Å². The molecule has 0 amide bonds. The SMILES string of the molecule is COc1ccc(N2CCCC(Nc3cc(N4CCOCC4)ncn3)C2)cc1. The summed E-state index contributed by atoms with van der Waals surface area (Å²) in [7, 11) is 1.70. The number of rotatable bonds is 5. The van der Waals surface area contributed by atoms with Gasteiger partial charge in [0.05, 0.1) is 20.3 Å². The van der Waals surface area contributed by atoms with Gasteiger partial charge in [-0.3, -0.25) is 0 Å². The Balaban J connectivity index is 1.40. The van der Waals surface area contributed by atoms with Crippen LogP contribution in [0.4, 0.5) is 17.3 Å². The maximum absolute atomic E-state index is 5.43. The summed E-state index contributed by atoms with van der Waals surface area (Å²) in [6, 6.07) is 10.7. The summed E-state index contributed by atoms with van der Waals surface area (Å²) in [4.78, 5) is 13.5. The molecule has 7 heteroatoms. The quantitative estimate of drug-likeness (QED) is 0.868. The van der Waals surface area contributed by atoms with Gasteiger partial charge >= 0.3 is 0 Å². The van der Waals surface area contributed by atoms with Crippen molar-refractivity contribution >= 4 is 17.3 Å². The van der Waals surface area contributed by atoms with E-state index in [1.165, 1.54) is 5.69 Å². The molecule has 1 aromatic heterocycles. The third-order valence-electron chi connectivity index (χ3n) is 5.20. The van der Waals surface area contributed by atoms with E-state index in [9.17, 15) is 0 Å². The van der Waals surface area contributed by atoms with Crippen LogP contribution < -0.4 is 19.9 Å². The topological polar surface area (TPSA) is 62.8 Å². The molecule has 0 saturated carbocycles. The van der Waals surface area contributed by atoms with Gasteiger partial charge in [0.2, 0.25) is 0 Å². The Labute approximate surface area is 160 Å². The molecule has 0 aliphatic carbocycles. The van der Waals surface area contributed by atoms with Crippen molar-refractivity contribution in [2.75, 3.05) is 61.6 Å². The first-order valence-electron chi connectivity index (χ1n) is 9.62. The number of methoxy groups -OCH3 is 1. The fourth-order valence-electron chi connectivity index (χ4n) is 3.72. The van der Waals surface area contributed by atoms with Crippen LogP contribution in [0, 0.1) is 0 Å². The molecule has 3 heterocycles. The first-order valence-corrected chi connectivity index (χ1v) is 9.62. The lowest BCUT2D eigenvalue weighted by Crippen LogP contribution is -2.42. The summed E-state index contributed by atoms with van der Waals surface area (Å²) in [6.07, 6.45) is 3.95. The molecule has 2 saturated heterocycles. The maximum Gasteiger partial charge on any atom is 0.134 e. The Hall–Kier alpha value is -2.54. The second-order valence-electron chi connectivity index (χ2n) is 6.99.